The van der Waals surface area contributed by atoms with Gasteiger partial charge in [0.1, 0.15) is 0 Å². The summed E-state index contributed by atoms with van der Waals surface area (Å²) in [4.78, 5) is 2.28. The van der Waals surface area contributed by atoms with Crippen molar-refractivity contribution in [1.82, 2.24) is 4.90 Å². The van der Waals surface area contributed by atoms with E-state index in [9.17, 15) is 0 Å². The minimum Gasteiger partial charge on any atom is -0.395 e. The zero-order valence-electron chi connectivity index (χ0n) is 5.30. The largest absolute Gasteiger partial charge is 0.395 e. The molecule has 1 aliphatic heterocycles. The number of likely N-dealkylation sites (tertiary alicyclic amines) is 1. The second-order valence-corrected chi connectivity index (χ2v) is 2.25. The molecular formula is C6H13NO. The highest BCUT2D eigenvalue weighted by molar-refractivity contribution is 4.80. The summed E-state index contributed by atoms with van der Waals surface area (Å²) in [5.74, 6) is 0. The van der Waals surface area contributed by atoms with Gasteiger partial charge in [0.05, 0.1) is 6.61 Å². The van der Waals surface area contributed by atoms with Crippen molar-refractivity contribution in [2.45, 2.75) is 19.4 Å². The number of nitrogens with zero attached hydrogens (tertiary/aromatic N) is 1. The van der Waals surface area contributed by atoms with Crippen molar-refractivity contribution in [1.29, 1.82) is 0 Å². The van der Waals surface area contributed by atoms with Crippen molar-refractivity contribution in [2.24, 2.45) is 0 Å². The Kier molecular flexibility index (Phi) is 1.86. The predicted molar refractivity (Wildman–Crippen MR) is 32.7 cm³/mol. The minimum atomic E-state index is 0.341. The third kappa shape index (κ3) is 0.858. The van der Waals surface area contributed by atoms with E-state index in [1.165, 1.54) is 13.0 Å². The normalized spacial score (nSPS) is 30.0. The molecule has 2 heteroatoms. The average Bonchev–Trinajstić information content (AvgIpc) is 1.66. The van der Waals surface area contributed by atoms with Gasteiger partial charge in [0.25, 0.3) is 0 Å². The maximum atomic E-state index is 8.65. The van der Waals surface area contributed by atoms with Crippen LogP contribution in [0.2, 0.25) is 0 Å². The minimum absolute atomic E-state index is 0.341. The Bertz CT molecular complexity index is 60.9. The van der Waals surface area contributed by atoms with Crippen LogP contribution < -0.4 is 0 Å². The van der Waals surface area contributed by atoms with Crippen molar-refractivity contribution in [3.05, 3.63) is 0 Å². The van der Waals surface area contributed by atoms with Gasteiger partial charge in [0.15, 0.2) is 0 Å². The molecule has 0 radical (unpaired) electrons. The van der Waals surface area contributed by atoms with Gasteiger partial charge in [-0.25, -0.2) is 0 Å². The maximum absolute atomic E-state index is 8.65. The van der Waals surface area contributed by atoms with E-state index in [0.717, 1.165) is 6.54 Å². The quantitative estimate of drug-likeness (QED) is 0.550. The first-order chi connectivity index (χ1) is 3.88. The zero-order chi connectivity index (χ0) is 5.98. The van der Waals surface area contributed by atoms with E-state index in [0.29, 0.717) is 12.6 Å². The van der Waals surface area contributed by atoms with Gasteiger partial charge in [0.2, 0.25) is 0 Å². The summed E-state index contributed by atoms with van der Waals surface area (Å²) >= 11 is 0. The smallest absolute Gasteiger partial charge is 0.0587 e. The van der Waals surface area contributed by atoms with Crippen LogP contribution in [-0.4, -0.2) is 35.7 Å². The molecular weight excluding hydrogens is 102 g/mol. The lowest BCUT2D eigenvalue weighted by Crippen LogP contribution is -2.49. The fourth-order valence-electron chi connectivity index (χ4n) is 1.12. The van der Waals surface area contributed by atoms with Gasteiger partial charge < -0.3 is 5.11 Å². The Morgan fingerprint density at radius 1 is 1.75 bits per heavy atom. The molecule has 1 N–H and O–H groups in total. The van der Waals surface area contributed by atoms with Crippen molar-refractivity contribution in [2.75, 3.05) is 19.7 Å². The van der Waals surface area contributed by atoms with Crippen LogP contribution in [0, 0.1) is 0 Å². The Morgan fingerprint density at radius 2 is 2.50 bits per heavy atom. The second kappa shape index (κ2) is 2.46. The number of aliphatic hydroxyl groups is 1. The Hall–Kier alpha value is -0.0800. The lowest BCUT2D eigenvalue weighted by Gasteiger charge is -2.38. The van der Waals surface area contributed by atoms with Crippen LogP contribution in [-0.2, 0) is 0 Å². The molecule has 0 unspecified atom stereocenters. The summed E-state index contributed by atoms with van der Waals surface area (Å²) in [6.07, 6.45) is 1.18. The fourth-order valence-corrected chi connectivity index (χ4v) is 1.12. The van der Waals surface area contributed by atoms with Crippen molar-refractivity contribution in [3.8, 4) is 0 Å². The van der Waals surface area contributed by atoms with E-state index in [1.807, 2.05) is 0 Å². The Balaban J connectivity index is 2.16. The highest BCUT2D eigenvalue weighted by atomic mass is 16.3. The second-order valence-electron chi connectivity index (χ2n) is 2.25. The summed E-state index contributed by atoms with van der Waals surface area (Å²) in [5.41, 5.74) is 0. The summed E-state index contributed by atoms with van der Waals surface area (Å²) in [5, 5.41) is 8.65. The van der Waals surface area contributed by atoms with Crippen LogP contribution in [0.15, 0.2) is 0 Å². The van der Waals surface area contributed by atoms with Gasteiger partial charge in [-0.3, -0.25) is 4.90 Å². The van der Waals surface area contributed by atoms with Crippen LogP contribution >= 0.6 is 0 Å². The molecule has 1 fully saturated rings. The average molecular weight is 115 g/mol. The number of likely N-dealkylation sites (N-methyl/N-ethyl adjacent to an activating group) is 1. The molecule has 1 atom stereocenters. The first kappa shape index (κ1) is 6.05. The molecule has 0 aromatic rings. The third-order valence-electron chi connectivity index (χ3n) is 1.88. The SMILES string of the molecule is CCN1CC[C@H]1CO. The number of aliphatic hydroxyl groups excluding tert-OH is 1. The van der Waals surface area contributed by atoms with E-state index in [-0.39, 0.29) is 0 Å². The fraction of sp³-hybridized carbons (Fsp3) is 1.00. The number of rotatable bonds is 2. The van der Waals surface area contributed by atoms with E-state index in [1.54, 1.807) is 0 Å². The van der Waals surface area contributed by atoms with Crippen LogP contribution in [0.1, 0.15) is 13.3 Å². The van der Waals surface area contributed by atoms with E-state index < -0.39 is 0 Å². The summed E-state index contributed by atoms with van der Waals surface area (Å²) in [6.45, 7) is 4.74. The molecule has 1 saturated heterocycles. The number of hydrogen-bond donors (Lipinski definition) is 1. The third-order valence-corrected chi connectivity index (χ3v) is 1.88. The standard InChI is InChI=1S/C6H13NO/c1-2-7-4-3-6(7)5-8/h6,8H,2-5H2,1H3/t6-/m0/s1. The topological polar surface area (TPSA) is 23.5 Å². The summed E-state index contributed by atoms with van der Waals surface area (Å²) in [7, 11) is 0. The van der Waals surface area contributed by atoms with Gasteiger partial charge in [-0.15, -0.1) is 0 Å². The zero-order valence-corrected chi connectivity index (χ0v) is 5.30. The van der Waals surface area contributed by atoms with E-state index in [4.69, 9.17) is 5.11 Å². The summed E-state index contributed by atoms with van der Waals surface area (Å²) < 4.78 is 0. The first-order valence-corrected chi connectivity index (χ1v) is 3.23. The highest BCUT2D eigenvalue weighted by Crippen LogP contribution is 2.14. The van der Waals surface area contributed by atoms with Crippen molar-refractivity contribution < 1.29 is 5.11 Å². The highest BCUT2D eigenvalue weighted by Gasteiger charge is 2.24. The molecule has 48 valence electrons. The van der Waals surface area contributed by atoms with Crippen molar-refractivity contribution >= 4 is 0 Å². The molecule has 0 aromatic heterocycles. The van der Waals surface area contributed by atoms with Crippen LogP contribution in [0.3, 0.4) is 0 Å². The maximum Gasteiger partial charge on any atom is 0.0587 e. The lowest BCUT2D eigenvalue weighted by molar-refractivity contribution is 0.0476. The molecule has 1 heterocycles. The number of hydrogen-bond acceptors (Lipinski definition) is 2. The lowest BCUT2D eigenvalue weighted by atomic mass is 10.1. The van der Waals surface area contributed by atoms with Gasteiger partial charge in [0, 0.05) is 12.6 Å². The molecule has 1 aliphatic rings. The molecule has 2 nitrogen and oxygen atoms in total. The molecule has 0 amide bonds. The van der Waals surface area contributed by atoms with Gasteiger partial charge in [-0.2, -0.15) is 0 Å². The van der Waals surface area contributed by atoms with Crippen LogP contribution in [0.5, 0.6) is 0 Å². The Morgan fingerprint density at radius 3 is 2.62 bits per heavy atom. The molecule has 8 heavy (non-hydrogen) atoms. The molecule has 0 aliphatic carbocycles. The first-order valence-electron chi connectivity index (χ1n) is 3.23. The van der Waals surface area contributed by atoms with Gasteiger partial charge >= 0.3 is 0 Å². The van der Waals surface area contributed by atoms with Crippen LogP contribution in [0.25, 0.3) is 0 Å². The van der Waals surface area contributed by atoms with E-state index in [2.05, 4.69) is 11.8 Å². The summed E-state index contributed by atoms with van der Waals surface area (Å²) in [6, 6.07) is 0.486. The predicted octanol–water partition coefficient (Wildman–Crippen LogP) is 0.0729. The van der Waals surface area contributed by atoms with Gasteiger partial charge in [-0.05, 0) is 13.0 Å². The molecule has 0 saturated carbocycles. The monoisotopic (exact) mass is 115 g/mol. The van der Waals surface area contributed by atoms with Crippen molar-refractivity contribution in [3.63, 3.8) is 0 Å². The molecule has 0 spiro atoms. The van der Waals surface area contributed by atoms with Crippen LogP contribution in [0.4, 0.5) is 0 Å². The molecule has 0 aromatic carbocycles. The van der Waals surface area contributed by atoms with E-state index >= 15 is 0 Å². The molecule has 0 bridgehead atoms. The molecule has 1 rings (SSSR count). The Labute approximate surface area is 50.1 Å². The van der Waals surface area contributed by atoms with Gasteiger partial charge in [-0.1, -0.05) is 6.92 Å².